The first-order chi connectivity index (χ1) is 10.8. The molecule has 0 spiro atoms. The summed E-state index contributed by atoms with van der Waals surface area (Å²) < 4.78 is 10.3. The van der Waals surface area contributed by atoms with Crippen LogP contribution in [0, 0.1) is 0 Å². The first kappa shape index (κ1) is 14.6. The van der Waals surface area contributed by atoms with E-state index >= 15 is 0 Å². The molecular weight excluding hydrogens is 284 g/mol. The molecule has 2 aromatic rings. The lowest BCUT2D eigenvalue weighted by Gasteiger charge is -2.33. The fourth-order valence-electron chi connectivity index (χ4n) is 2.68. The van der Waals surface area contributed by atoms with E-state index in [9.17, 15) is 4.79 Å². The summed E-state index contributed by atoms with van der Waals surface area (Å²) in [7, 11) is 1.52. The molecule has 7 nitrogen and oxygen atoms in total. The second-order valence-corrected chi connectivity index (χ2v) is 5.23. The predicted octanol–water partition coefficient (Wildman–Crippen LogP) is 1.83. The standard InChI is InChI=1S/C15H18N4O3/c1-21-10-13(20)19-8-3-2-6-12(19)15-17-14(18-22-15)11-5-4-7-16-9-11/h4-5,7,9,12H,2-3,6,8,10H2,1H3. The molecule has 1 aliphatic rings. The van der Waals surface area contributed by atoms with Gasteiger partial charge in [0.1, 0.15) is 12.6 Å². The molecule has 116 valence electrons. The average Bonchev–Trinajstić information content (AvgIpc) is 3.06. The highest BCUT2D eigenvalue weighted by Crippen LogP contribution is 2.31. The van der Waals surface area contributed by atoms with Gasteiger partial charge in [0.25, 0.3) is 0 Å². The van der Waals surface area contributed by atoms with Gasteiger partial charge in [-0.25, -0.2) is 0 Å². The van der Waals surface area contributed by atoms with Gasteiger partial charge in [0.2, 0.25) is 17.6 Å². The number of hydrogen-bond acceptors (Lipinski definition) is 6. The van der Waals surface area contributed by atoms with Crippen molar-refractivity contribution < 1.29 is 14.1 Å². The Balaban J connectivity index is 1.82. The molecule has 3 rings (SSSR count). The van der Waals surface area contributed by atoms with Gasteiger partial charge in [0.05, 0.1) is 0 Å². The van der Waals surface area contributed by atoms with Crippen molar-refractivity contribution >= 4 is 5.91 Å². The molecule has 0 saturated carbocycles. The second kappa shape index (κ2) is 6.65. The number of aromatic nitrogens is 3. The topological polar surface area (TPSA) is 81.4 Å². The lowest BCUT2D eigenvalue weighted by Crippen LogP contribution is -2.40. The monoisotopic (exact) mass is 302 g/mol. The molecule has 0 aromatic carbocycles. The van der Waals surface area contributed by atoms with Crippen molar-refractivity contribution in [2.75, 3.05) is 20.3 Å². The largest absolute Gasteiger partial charge is 0.375 e. The van der Waals surface area contributed by atoms with Crippen molar-refractivity contribution in [3.63, 3.8) is 0 Å². The summed E-state index contributed by atoms with van der Waals surface area (Å²) in [5.74, 6) is 0.921. The van der Waals surface area contributed by atoms with Crippen LogP contribution in [-0.4, -0.2) is 46.2 Å². The Labute approximate surface area is 128 Å². The Morgan fingerprint density at radius 3 is 3.18 bits per heavy atom. The third-order valence-electron chi connectivity index (χ3n) is 3.74. The first-order valence-corrected chi connectivity index (χ1v) is 7.32. The minimum Gasteiger partial charge on any atom is -0.375 e. The van der Waals surface area contributed by atoms with Gasteiger partial charge in [-0.15, -0.1) is 0 Å². The molecule has 2 aromatic heterocycles. The Kier molecular flexibility index (Phi) is 4.43. The lowest BCUT2D eigenvalue weighted by molar-refractivity contribution is -0.139. The maximum atomic E-state index is 12.2. The van der Waals surface area contributed by atoms with Gasteiger partial charge in [0.15, 0.2) is 0 Å². The Morgan fingerprint density at radius 1 is 1.50 bits per heavy atom. The molecule has 1 fully saturated rings. The minimum absolute atomic E-state index is 0.0478. The highest BCUT2D eigenvalue weighted by Gasteiger charge is 2.32. The van der Waals surface area contributed by atoms with Gasteiger partial charge in [-0.1, -0.05) is 5.16 Å². The second-order valence-electron chi connectivity index (χ2n) is 5.23. The van der Waals surface area contributed by atoms with Crippen LogP contribution in [0.25, 0.3) is 11.4 Å². The van der Waals surface area contributed by atoms with Crippen LogP contribution in [0.2, 0.25) is 0 Å². The van der Waals surface area contributed by atoms with Gasteiger partial charge in [0, 0.05) is 31.6 Å². The molecule has 3 heterocycles. The first-order valence-electron chi connectivity index (χ1n) is 7.32. The van der Waals surface area contributed by atoms with Crippen LogP contribution in [0.3, 0.4) is 0 Å². The number of carbonyl (C=O) groups excluding carboxylic acids is 1. The molecule has 1 unspecified atom stereocenters. The zero-order valence-corrected chi connectivity index (χ0v) is 12.4. The molecule has 1 atom stereocenters. The number of piperidine rings is 1. The number of amides is 1. The Morgan fingerprint density at radius 2 is 2.41 bits per heavy atom. The molecule has 22 heavy (non-hydrogen) atoms. The van der Waals surface area contributed by atoms with Gasteiger partial charge >= 0.3 is 0 Å². The van der Waals surface area contributed by atoms with Crippen molar-refractivity contribution in [3.8, 4) is 11.4 Å². The van der Waals surface area contributed by atoms with Crippen LogP contribution in [0.1, 0.15) is 31.2 Å². The van der Waals surface area contributed by atoms with Crippen molar-refractivity contribution in [3.05, 3.63) is 30.4 Å². The van der Waals surface area contributed by atoms with Crippen LogP contribution in [0.15, 0.2) is 29.0 Å². The minimum atomic E-state index is -0.172. The van der Waals surface area contributed by atoms with E-state index in [1.54, 1.807) is 17.3 Å². The van der Waals surface area contributed by atoms with E-state index in [-0.39, 0.29) is 18.6 Å². The van der Waals surface area contributed by atoms with Crippen LogP contribution in [0.5, 0.6) is 0 Å². The SMILES string of the molecule is COCC(=O)N1CCCCC1c1nc(-c2cccnc2)no1. The van der Waals surface area contributed by atoms with E-state index in [0.717, 1.165) is 24.8 Å². The summed E-state index contributed by atoms with van der Waals surface area (Å²) >= 11 is 0. The van der Waals surface area contributed by atoms with Crippen molar-refractivity contribution in [2.45, 2.75) is 25.3 Å². The summed E-state index contributed by atoms with van der Waals surface area (Å²) in [6.45, 7) is 0.761. The maximum absolute atomic E-state index is 12.2. The highest BCUT2D eigenvalue weighted by molar-refractivity contribution is 5.78. The molecule has 1 aliphatic heterocycles. The summed E-state index contributed by atoms with van der Waals surface area (Å²) in [6, 6.07) is 3.52. The van der Waals surface area contributed by atoms with Gasteiger partial charge in [-0.2, -0.15) is 4.98 Å². The summed E-state index contributed by atoms with van der Waals surface area (Å²) in [5, 5.41) is 4.01. The summed E-state index contributed by atoms with van der Waals surface area (Å²) in [6.07, 6.45) is 6.21. The van der Waals surface area contributed by atoms with Crippen molar-refractivity contribution in [1.82, 2.24) is 20.0 Å². The average molecular weight is 302 g/mol. The van der Waals surface area contributed by atoms with Crippen LogP contribution in [-0.2, 0) is 9.53 Å². The predicted molar refractivity (Wildman–Crippen MR) is 77.7 cm³/mol. The molecule has 1 amide bonds. The number of methoxy groups -OCH3 is 1. The highest BCUT2D eigenvalue weighted by atomic mass is 16.5. The van der Waals surface area contributed by atoms with Crippen LogP contribution in [0.4, 0.5) is 0 Å². The fraction of sp³-hybridized carbons (Fsp3) is 0.467. The van der Waals surface area contributed by atoms with E-state index in [1.165, 1.54) is 7.11 Å². The van der Waals surface area contributed by atoms with Crippen LogP contribution < -0.4 is 0 Å². The van der Waals surface area contributed by atoms with Gasteiger partial charge < -0.3 is 14.2 Å². The van der Waals surface area contributed by atoms with Gasteiger partial charge in [-0.3, -0.25) is 9.78 Å². The molecule has 0 bridgehead atoms. The molecule has 0 radical (unpaired) electrons. The molecule has 0 N–H and O–H groups in total. The third-order valence-corrected chi connectivity index (χ3v) is 3.74. The van der Waals surface area contributed by atoms with E-state index in [2.05, 4.69) is 15.1 Å². The Hall–Kier alpha value is -2.28. The number of rotatable bonds is 4. The number of carbonyl (C=O) groups is 1. The van der Waals surface area contributed by atoms with Crippen LogP contribution >= 0.6 is 0 Å². The number of pyridine rings is 1. The lowest BCUT2D eigenvalue weighted by atomic mass is 10.0. The van der Waals surface area contributed by atoms with Crippen molar-refractivity contribution in [2.24, 2.45) is 0 Å². The maximum Gasteiger partial charge on any atom is 0.249 e. The van der Waals surface area contributed by atoms with E-state index < -0.39 is 0 Å². The number of likely N-dealkylation sites (tertiary alicyclic amines) is 1. The van der Waals surface area contributed by atoms with E-state index in [1.807, 2.05) is 12.1 Å². The molecule has 1 saturated heterocycles. The quantitative estimate of drug-likeness (QED) is 0.857. The molecule has 7 heteroatoms. The van der Waals surface area contributed by atoms with Gasteiger partial charge in [-0.05, 0) is 31.4 Å². The zero-order chi connectivity index (χ0) is 15.4. The smallest absolute Gasteiger partial charge is 0.249 e. The number of nitrogens with zero attached hydrogens (tertiary/aromatic N) is 4. The normalized spacial score (nSPS) is 18.4. The zero-order valence-electron chi connectivity index (χ0n) is 12.4. The molecule has 0 aliphatic carbocycles. The molecular formula is C15H18N4O3. The number of hydrogen-bond donors (Lipinski definition) is 0. The third kappa shape index (κ3) is 2.99. The van der Waals surface area contributed by atoms with E-state index in [4.69, 9.17) is 9.26 Å². The summed E-state index contributed by atoms with van der Waals surface area (Å²) in [4.78, 5) is 22.4. The fourth-order valence-corrected chi connectivity index (χ4v) is 2.68. The van der Waals surface area contributed by atoms with E-state index in [0.29, 0.717) is 18.3 Å². The Bertz CT molecular complexity index is 629. The van der Waals surface area contributed by atoms with Crippen molar-refractivity contribution in [1.29, 1.82) is 0 Å². The number of ether oxygens (including phenoxy) is 1. The summed E-state index contributed by atoms with van der Waals surface area (Å²) in [5.41, 5.74) is 0.795.